The maximum atomic E-state index is 12.1. The van der Waals surface area contributed by atoms with Crippen molar-refractivity contribution in [3.05, 3.63) is 24.3 Å². The van der Waals surface area contributed by atoms with E-state index in [0.717, 1.165) is 4.90 Å². The van der Waals surface area contributed by atoms with Crippen molar-refractivity contribution in [3.8, 4) is 5.75 Å². The van der Waals surface area contributed by atoms with Crippen LogP contribution in [-0.4, -0.2) is 36.3 Å². The molecule has 4 nitrogen and oxygen atoms in total. The summed E-state index contributed by atoms with van der Waals surface area (Å²) in [6.45, 7) is 2.86. The van der Waals surface area contributed by atoms with E-state index in [4.69, 9.17) is 15.2 Å². The molecule has 1 rings (SSSR count). The van der Waals surface area contributed by atoms with Crippen LogP contribution < -0.4 is 10.5 Å². The molecule has 96 valence electrons. The molecule has 2 unspecified atom stereocenters. The van der Waals surface area contributed by atoms with Gasteiger partial charge in [-0.1, -0.05) is 6.07 Å². The second-order valence-electron chi connectivity index (χ2n) is 3.50. The Hall–Kier alpha value is -0.910. The van der Waals surface area contributed by atoms with E-state index < -0.39 is 10.8 Å². The van der Waals surface area contributed by atoms with E-state index in [2.05, 4.69) is 0 Å². The van der Waals surface area contributed by atoms with Crippen LogP contribution in [0, 0.1) is 0 Å². The lowest BCUT2D eigenvalue weighted by molar-refractivity contribution is 0.0852. The smallest absolute Gasteiger partial charge is 0.120 e. The molecule has 17 heavy (non-hydrogen) atoms. The van der Waals surface area contributed by atoms with E-state index in [-0.39, 0.29) is 6.10 Å². The van der Waals surface area contributed by atoms with Crippen molar-refractivity contribution in [2.45, 2.75) is 17.9 Å². The van der Waals surface area contributed by atoms with E-state index in [1.54, 1.807) is 13.2 Å². The van der Waals surface area contributed by atoms with Gasteiger partial charge in [-0.05, 0) is 25.1 Å². The largest absolute Gasteiger partial charge is 0.497 e. The molecule has 0 heterocycles. The van der Waals surface area contributed by atoms with E-state index in [1.807, 2.05) is 25.1 Å². The van der Waals surface area contributed by atoms with Crippen LogP contribution in [0.5, 0.6) is 5.75 Å². The van der Waals surface area contributed by atoms with Crippen molar-refractivity contribution < 1.29 is 13.7 Å². The van der Waals surface area contributed by atoms with Gasteiger partial charge in [0.2, 0.25) is 0 Å². The van der Waals surface area contributed by atoms with Crippen LogP contribution in [0.2, 0.25) is 0 Å². The molecule has 1 aromatic rings. The molecule has 0 saturated heterocycles. The number of hydrogen-bond acceptors (Lipinski definition) is 4. The van der Waals surface area contributed by atoms with E-state index in [1.165, 1.54) is 0 Å². The third-order valence-corrected chi connectivity index (χ3v) is 3.76. The predicted molar refractivity (Wildman–Crippen MR) is 68.7 cm³/mol. The van der Waals surface area contributed by atoms with Crippen molar-refractivity contribution in [3.63, 3.8) is 0 Å². The predicted octanol–water partition coefficient (Wildman–Crippen LogP) is 1.17. The number of nitrogens with two attached hydrogens (primary N) is 1. The number of benzene rings is 1. The Morgan fingerprint density at radius 2 is 2.24 bits per heavy atom. The SMILES string of the molecule is CCOC(CN)CS(=O)c1cccc(OC)c1. The Labute approximate surface area is 105 Å². The number of methoxy groups -OCH3 is 1. The molecule has 1 aromatic carbocycles. The molecular weight excluding hydrogens is 238 g/mol. The van der Waals surface area contributed by atoms with Gasteiger partial charge in [0.25, 0.3) is 0 Å². The van der Waals surface area contributed by atoms with Crippen LogP contribution in [0.15, 0.2) is 29.2 Å². The minimum Gasteiger partial charge on any atom is -0.497 e. The van der Waals surface area contributed by atoms with Gasteiger partial charge in [0.05, 0.1) is 29.8 Å². The summed E-state index contributed by atoms with van der Waals surface area (Å²) in [4.78, 5) is 0.738. The first-order valence-electron chi connectivity index (χ1n) is 5.55. The highest BCUT2D eigenvalue weighted by Gasteiger charge is 2.13. The van der Waals surface area contributed by atoms with Crippen molar-refractivity contribution in [1.82, 2.24) is 0 Å². The fourth-order valence-corrected chi connectivity index (χ4v) is 2.67. The summed E-state index contributed by atoms with van der Waals surface area (Å²) in [6, 6.07) is 7.24. The molecule has 0 amide bonds. The van der Waals surface area contributed by atoms with Crippen molar-refractivity contribution in [1.29, 1.82) is 0 Å². The lowest BCUT2D eigenvalue weighted by Crippen LogP contribution is -2.29. The Morgan fingerprint density at radius 3 is 2.82 bits per heavy atom. The highest BCUT2D eigenvalue weighted by Crippen LogP contribution is 2.16. The number of rotatable bonds is 7. The molecule has 0 aliphatic heterocycles. The normalized spacial score (nSPS) is 14.3. The second kappa shape index (κ2) is 7.42. The van der Waals surface area contributed by atoms with Crippen LogP contribution in [0.25, 0.3) is 0 Å². The topological polar surface area (TPSA) is 61.5 Å². The van der Waals surface area contributed by atoms with Crippen LogP contribution in [-0.2, 0) is 15.5 Å². The minimum absolute atomic E-state index is 0.160. The summed E-state index contributed by atoms with van der Waals surface area (Å²) in [5.74, 6) is 1.12. The Balaban J connectivity index is 2.68. The third-order valence-electron chi connectivity index (χ3n) is 2.31. The standard InChI is InChI=1S/C12H19NO3S/c1-3-16-11(8-13)9-17(14)12-6-4-5-10(7-12)15-2/h4-7,11H,3,8-9,13H2,1-2H3. The van der Waals surface area contributed by atoms with Crippen molar-refractivity contribution in [2.75, 3.05) is 26.0 Å². The van der Waals surface area contributed by atoms with Gasteiger partial charge in [-0.3, -0.25) is 4.21 Å². The van der Waals surface area contributed by atoms with Gasteiger partial charge in [0.1, 0.15) is 5.75 Å². The van der Waals surface area contributed by atoms with Gasteiger partial charge < -0.3 is 15.2 Å². The van der Waals surface area contributed by atoms with Gasteiger partial charge in [0, 0.05) is 18.0 Å². The zero-order valence-corrected chi connectivity index (χ0v) is 11.0. The zero-order chi connectivity index (χ0) is 12.7. The molecule has 0 aromatic heterocycles. The summed E-state index contributed by atoms with van der Waals surface area (Å²) in [7, 11) is 0.476. The van der Waals surface area contributed by atoms with Gasteiger partial charge in [-0.25, -0.2) is 0 Å². The average Bonchev–Trinajstić information content (AvgIpc) is 2.38. The number of hydrogen-bond donors (Lipinski definition) is 1. The van der Waals surface area contributed by atoms with Gasteiger partial charge in [-0.2, -0.15) is 0 Å². The molecule has 0 aliphatic carbocycles. The third kappa shape index (κ3) is 4.46. The van der Waals surface area contributed by atoms with Gasteiger partial charge in [0.15, 0.2) is 0 Å². The van der Waals surface area contributed by atoms with Gasteiger partial charge in [-0.15, -0.1) is 0 Å². The van der Waals surface area contributed by atoms with E-state index in [9.17, 15) is 4.21 Å². The molecule has 2 atom stereocenters. The Morgan fingerprint density at radius 1 is 1.47 bits per heavy atom. The van der Waals surface area contributed by atoms with E-state index in [0.29, 0.717) is 24.7 Å². The van der Waals surface area contributed by atoms with Crippen LogP contribution in [0.4, 0.5) is 0 Å². The Bertz CT molecular complexity index is 371. The van der Waals surface area contributed by atoms with Crippen LogP contribution in [0.3, 0.4) is 0 Å². The first-order valence-corrected chi connectivity index (χ1v) is 6.87. The molecule has 0 aliphatic rings. The molecule has 0 spiro atoms. The summed E-state index contributed by atoms with van der Waals surface area (Å²) in [6.07, 6.45) is -0.160. The lowest BCUT2D eigenvalue weighted by Gasteiger charge is -2.14. The van der Waals surface area contributed by atoms with Crippen molar-refractivity contribution >= 4 is 10.8 Å². The second-order valence-corrected chi connectivity index (χ2v) is 5.00. The summed E-state index contributed by atoms with van der Waals surface area (Å²) < 4.78 is 22.6. The van der Waals surface area contributed by atoms with Gasteiger partial charge >= 0.3 is 0 Å². The Kier molecular flexibility index (Phi) is 6.18. The fraction of sp³-hybridized carbons (Fsp3) is 0.500. The van der Waals surface area contributed by atoms with Crippen molar-refractivity contribution in [2.24, 2.45) is 5.73 Å². The molecule has 2 N–H and O–H groups in total. The molecule has 0 fully saturated rings. The molecule has 0 bridgehead atoms. The molecule has 0 saturated carbocycles. The number of ether oxygens (including phenoxy) is 2. The van der Waals surface area contributed by atoms with Crippen LogP contribution in [0.1, 0.15) is 6.92 Å². The van der Waals surface area contributed by atoms with E-state index >= 15 is 0 Å². The molecule has 5 heteroatoms. The highest BCUT2D eigenvalue weighted by atomic mass is 32.2. The molecular formula is C12H19NO3S. The summed E-state index contributed by atoms with van der Waals surface area (Å²) in [5, 5.41) is 0. The minimum atomic E-state index is -1.11. The average molecular weight is 257 g/mol. The lowest BCUT2D eigenvalue weighted by atomic mass is 10.3. The summed E-state index contributed by atoms with van der Waals surface area (Å²) in [5.41, 5.74) is 5.56. The monoisotopic (exact) mass is 257 g/mol. The highest BCUT2D eigenvalue weighted by molar-refractivity contribution is 7.85. The molecule has 0 radical (unpaired) electrons. The zero-order valence-electron chi connectivity index (χ0n) is 10.2. The maximum Gasteiger partial charge on any atom is 0.120 e. The first-order chi connectivity index (χ1) is 8.21. The fourth-order valence-electron chi connectivity index (χ4n) is 1.43. The quantitative estimate of drug-likeness (QED) is 0.796. The summed E-state index contributed by atoms with van der Waals surface area (Å²) >= 11 is 0. The maximum absolute atomic E-state index is 12.1. The first kappa shape index (κ1) is 14.2. The van der Waals surface area contributed by atoms with Crippen LogP contribution >= 0.6 is 0 Å².